The van der Waals surface area contributed by atoms with Gasteiger partial charge in [-0.05, 0) is 92.7 Å². The standard InChI is InChI=1S/C24H32O2S/c1-17-6-14-23-18(2)21(13-15-22(17)23)12-11-19-7-9-20(10-8-19)16-27(25,26)24(3,4)5/h7-10,13,15,17H,6,11-12,14,16H2,1-5H3. The molecule has 2 nitrogen and oxygen atoms in total. The van der Waals surface area contributed by atoms with Gasteiger partial charge in [-0.2, -0.15) is 0 Å². The number of sulfone groups is 1. The van der Waals surface area contributed by atoms with Crippen LogP contribution in [0.5, 0.6) is 0 Å². The Kier molecular flexibility index (Phi) is 5.54. The van der Waals surface area contributed by atoms with Gasteiger partial charge in [-0.3, -0.25) is 0 Å². The van der Waals surface area contributed by atoms with E-state index in [-0.39, 0.29) is 5.75 Å². The predicted molar refractivity (Wildman–Crippen MR) is 114 cm³/mol. The molecule has 2 aromatic carbocycles. The predicted octanol–water partition coefficient (Wildman–Crippen LogP) is 5.54. The fraction of sp³-hybridized carbons (Fsp3) is 0.500. The third-order valence-electron chi connectivity index (χ3n) is 6.10. The average molecular weight is 385 g/mol. The van der Waals surface area contributed by atoms with E-state index >= 15 is 0 Å². The largest absolute Gasteiger partial charge is 0.228 e. The van der Waals surface area contributed by atoms with Gasteiger partial charge in [0, 0.05) is 0 Å². The van der Waals surface area contributed by atoms with Gasteiger partial charge in [0.15, 0.2) is 9.84 Å². The molecule has 0 saturated carbocycles. The zero-order valence-corrected chi connectivity index (χ0v) is 18.1. The SMILES string of the molecule is Cc1c(CCc2ccc(CS(=O)(=O)C(C)(C)C)cc2)ccc2c1CCC2C. The van der Waals surface area contributed by atoms with Crippen molar-refractivity contribution in [3.05, 3.63) is 69.8 Å². The summed E-state index contributed by atoms with van der Waals surface area (Å²) >= 11 is 0. The highest BCUT2D eigenvalue weighted by Gasteiger charge is 2.28. The Balaban J connectivity index is 1.66. The van der Waals surface area contributed by atoms with Crippen molar-refractivity contribution in [3.63, 3.8) is 0 Å². The summed E-state index contributed by atoms with van der Waals surface area (Å²) in [5, 5.41) is 0. The first kappa shape index (κ1) is 20.1. The second-order valence-electron chi connectivity index (χ2n) is 9.05. The molecule has 0 aliphatic heterocycles. The summed E-state index contributed by atoms with van der Waals surface area (Å²) in [5.74, 6) is 0.809. The monoisotopic (exact) mass is 384 g/mol. The molecule has 0 spiro atoms. The molecule has 1 aliphatic rings. The lowest BCUT2D eigenvalue weighted by Crippen LogP contribution is -2.29. The fourth-order valence-corrected chi connectivity index (χ4v) is 4.99. The summed E-state index contributed by atoms with van der Waals surface area (Å²) in [6.07, 6.45) is 4.51. The van der Waals surface area contributed by atoms with Crippen LogP contribution in [0.1, 0.15) is 73.4 Å². The Labute approximate surface area is 164 Å². The Morgan fingerprint density at radius 2 is 1.59 bits per heavy atom. The molecule has 0 fully saturated rings. The quantitative estimate of drug-likeness (QED) is 0.678. The summed E-state index contributed by atoms with van der Waals surface area (Å²) in [7, 11) is -3.13. The van der Waals surface area contributed by atoms with Crippen LogP contribution in [0.4, 0.5) is 0 Å². The number of rotatable bonds is 5. The van der Waals surface area contributed by atoms with Gasteiger partial charge in [0.2, 0.25) is 0 Å². The minimum absolute atomic E-state index is 0.110. The molecule has 0 heterocycles. The van der Waals surface area contributed by atoms with Crippen LogP contribution in [-0.4, -0.2) is 13.2 Å². The highest BCUT2D eigenvalue weighted by Crippen LogP contribution is 2.36. The molecule has 3 rings (SSSR count). The molecule has 1 aliphatic carbocycles. The van der Waals surface area contributed by atoms with E-state index in [1.807, 2.05) is 12.1 Å². The lowest BCUT2D eigenvalue weighted by molar-refractivity contribution is 0.559. The van der Waals surface area contributed by atoms with Crippen molar-refractivity contribution < 1.29 is 8.42 Å². The first-order chi connectivity index (χ1) is 12.6. The number of benzene rings is 2. The summed E-state index contributed by atoms with van der Waals surface area (Å²) < 4.78 is 24.0. The molecule has 0 saturated heterocycles. The summed E-state index contributed by atoms with van der Waals surface area (Å²) in [6.45, 7) is 9.88. The number of aryl methyl sites for hydroxylation is 2. The average Bonchev–Trinajstić information content (AvgIpc) is 2.96. The molecule has 146 valence electrons. The van der Waals surface area contributed by atoms with Crippen LogP contribution in [-0.2, 0) is 34.9 Å². The number of fused-ring (bicyclic) bond motifs is 1. The number of hydrogen-bond acceptors (Lipinski definition) is 2. The number of hydrogen-bond donors (Lipinski definition) is 0. The zero-order valence-electron chi connectivity index (χ0n) is 17.3. The summed E-state index contributed by atoms with van der Waals surface area (Å²) in [5.41, 5.74) is 8.17. The topological polar surface area (TPSA) is 34.1 Å². The molecule has 0 N–H and O–H groups in total. The van der Waals surface area contributed by atoms with Gasteiger partial charge in [-0.1, -0.05) is 43.3 Å². The van der Waals surface area contributed by atoms with Gasteiger partial charge in [-0.15, -0.1) is 0 Å². The lowest BCUT2D eigenvalue weighted by atomic mass is 9.93. The molecule has 0 aromatic heterocycles. The second-order valence-corrected chi connectivity index (χ2v) is 11.8. The first-order valence-electron chi connectivity index (χ1n) is 10.00. The summed E-state index contributed by atoms with van der Waals surface area (Å²) in [4.78, 5) is 0. The van der Waals surface area contributed by atoms with E-state index in [1.165, 1.54) is 29.5 Å². The molecule has 2 aromatic rings. The Morgan fingerprint density at radius 3 is 2.22 bits per heavy atom. The minimum atomic E-state index is -3.13. The van der Waals surface area contributed by atoms with Crippen molar-refractivity contribution in [3.8, 4) is 0 Å². The van der Waals surface area contributed by atoms with E-state index in [2.05, 4.69) is 38.1 Å². The molecule has 0 radical (unpaired) electrons. The highest BCUT2D eigenvalue weighted by molar-refractivity contribution is 7.91. The highest BCUT2D eigenvalue weighted by atomic mass is 32.2. The minimum Gasteiger partial charge on any atom is -0.228 e. The van der Waals surface area contributed by atoms with Crippen molar-refractivity contribution in [2.75, 3.05) is 0 Å². The van der Waals surface area contributed by atoms with Crippen molar-refractivity contribution in [1.29, 1.82) is 0 Å². The first-order valence-corrected chi connectivity index (χ1v) is 11.6. The van der Waals surface area contributed by atoms with E-state index < -0.39 is 14.6 Å². The second kappa shape index (κ2) is 7.43. The van der Waals surface area contributed by atoms with Crippen LogP contribution >= 0.6 is 0 Å². The normalized spacial score (nSPS) is 17.1. The van der Waals surface area contributed by atoms with Crippen LogP contribution in [0.15, 0.2) is 36.4 Å². The van der Waals surface area contributed by atoms with Crippen LogP contribution in [0.25, 0.3) is 0 Å². The van der Waals surface area contributed by atoms with Gasteiger partial charge in [0.25, 0.3) is 0 Å². The van der Waals surface area contributed by atoms with E-state index in [0.29, 0.717) is 5.92 Å². The Morgan fingerprint density at radius 1 is 0.963 bits per heavy atom. The van der Waals surface area contributed by atoms with Gasteiger partial charge in [0.1, 0.15) is 0 Å². The maximum Gasteiger partial charge on any atom is 0.159 e. The maximum atomic E-state index is 12.4. The smallest absolute Gasteiger partial charge is 0.159 e. The third-order valence-corrected chi connectivity index (χ3v) is 8.68. The molecular formula is C24H32O2S. The van der Waals surface area contributed by atoms with Crippen molar-refractivity contribution in [2.24, 2.45) is 0 Å². The molecule has 1 atom stereocenters. The van der Waals surface area contributed by atoms with Gasteiger partial charge in [0.05, 0.1) is 10.5 Å². The van der Waals surface area contributed by atoms with Crippen molar-refractivity contribution in [2.45, 2.75) is 76.7 Å². The molecule has 0 bridgehead atoms. The molecule has 3 heteroatoms. The maximum absolute atomic E-state index is 12.4. The Hall–Kier alpha value is -1.61. The van der Waals surface area contributed by atoms with Crippen LogP contribution < -0.4 is 0 Å². The van der Waals surface area contributed by atoms with E-state index in [4.69, 9.17) is 0 Å². The Bertz CT molecular complexity index is 916. The molecule has 27 heavy (non-hydrogen) atoms. The molecule has 0 amide bonds. The van der Waals surface area contributed by atoms with Crippen LogP contribution in [0.3, 0.4) is 0 Å². The molecule has 1 unspecified atom stereocenters. The van der Waals surface area contributed by atoms with Crippen LogP contribution in [0, 0.1) is 6.92 Å². The van der Waals surface area contributed by atoms with Gasteiger partial charge < -0.3 is 0 Å². The van der Waals surface area contributed by atoms with Crippen LogP contribution in [0.2, 0.25) is 0 Å². The third kappa shape index (κ3) is 4.29. The van der Waals surface area contributed by atoms with Crippen molar-refractivity contribution >= 4 is 9.84 Å². The van der Waals surface area contributed by atoms with Crippen molar-refractivity contribution in [1.82, 2.24) is 0 Å². The fourth-order valence-electron chi connectivity index (χ4n) is 3.92. The summed E-state index contributed by atoms with van der Waals surface area (Å²) in [6, 6.07) is 12.7. The lowest BCUT2D eigenvalue weighted by Gasteiger charge is -2.19. The zero-order chi connectivity index (χ0) is 19.8. The van der Waals surface area contributed by atoms with Gasteiger partial charge >= 0.3 is 0 Å². The van der Waals surface area contributed by atoms with E-state index in [1.54, 1.807) is 31.9 Å². The van der Waals surface area contributed by atoms with Gasteiger partial charge in [-0.25, -0.2) is 8.42 Å². The molecular weight excluding hydrogens is 352 g/mol. The van der Waals surface area contributed by atoms with E-state index in [9.17, 15) is 8.42 Å². The van der Waals surface area contributed by atoms with E-state index in [0.717, 1.165) is 18.4 Å².